The minimum atomic E-state index is -0.375. The minimum absolute atomic E-state index is 0.375. The number of para-hydroxylation sites is 1. The van der Waals surface area contributed by atoms with E-state index in [2.05, 4.69) is 175 Å². The summed E-state index contributed by atoms with van der Waals surface area (Å²) >= 11 is 0. The molecule has 1 heterocycles. The van der Waals surface area contributed by atoms with Gasteiger partial charge < -0.3 is 5.32 Å². The van der Waals surface area contributed by atoms with E-state index in [1.54, 1.807) is 0 Å². The highest BCUT2D eigenvalue weighted by Gasteiger charge is 2.51. The molecule has 3 aliphatic rings. The first-order valence-corrected chi connectivity index (χ1v) is 17.2. The van der Waals surface area contributed by atoms with Gasteiger partial charge in [-0.3, -0.25) is 0 Å². The lowest BCUT2D eigenvalue weighted by Crippen LogP contribution is -2.25. The Hall–Kier alpha value is -6.18. The largest absolute Gasteiger partial charge is 0.380 e. The third kappa shape index (κ3) is 3.44. The van der Waals surface area contributed by atoms with Crippen molar-refractivity contribution in [1.29, 1.82) is 0 Å². The van der Waals surface area contributed by atoms with Crippen LogP contribution in [0.1, 0.15) is 27.8 Å². The number of benzene rings is 8. The van der Waals surface area contributed by atoms with Gasteiger partial charge in [-0.25, -0.2) is 0 Å². The van der Waals surface area contributed by atoms with Gasteiger partial charge in [-0.1, -0.05) is 158 Å². The molecule has 0 saturated heterocycles. The van der Waals surface area contributed by atoms with Gasteiger partial charge in [0.05, 0.1) is 5.41 Å². The predicted octanol–water partition coefficient (Wildman–Crippen LogP) is 12.1. The SMILES string of the molecule is c1ccc(-c2c3c(c(-c4ccc5c(c4)C4(c6ccccc6-c6ccccc64)c4ccccc4-5)c4ccccc24)CNc2ccccc2-3)cc1. The number of hydrogen-bond donors (Lipinski definition) is 1. The maximum atomic E-state index is 3.81. The van der Waals surface area contributed by atoms with Crippen LogP contribution < -0.4 is 5.32 Å². The van der Waals surface area contributed by atoms with Gasteiger partial charge in [0, 0.05) is 17.8 Å². The van der Waals surface area contributed by atoms with E-state index in [4.69, 9.17) is 0 Å². The van der Waals surface area contributed by atoms with Gasteiger partial charge in [0.25, 0.3) is 0 Å². The topological polar surface area (TPSA) is 12.0 Å². The Morgan fingerprint density at radius 3 is 1.53 bits per heavy atom. The van der Waals surface area contributed by atoms with E-state index in [0.29, 0.717) is 0 Å². The molecule has 0 bridgehead atoms. The zero-order valence-corrected chi connectivity index (χ0v) is 26.9. The summed E-state index contributed by atoms with van der Waals surface area (Å²) in [6, 6.07) is 63.3. The Labute approximate surface area is 286 Å². The zero-order valence-electron chi connectivity index (χ0n) is 26.9. The van der Waals surface area contributed by atoms with E-state index in [-0.39, 0.29) is 5.41 Å². The number of hydrogen-bond acceptors (Lipinski definition) is 1. The quantitative estimate of drug-likeness (QED) is 0.202. The molecule has 8 aromatic carbocycles. The van der Waals surface area contributed by atoms with Crippen LogP contribution in [0.5, 0.6) is 0 Å². The first kappa shape index (κ1) is 26.8. The molecule has 0 amide bonds. The molecule has 1 heteroatoms. The molecular formula is C48H31N. The summed E-state index contributed by atoms with van der Waals surface area (Å²) in [4.78, 5) is 0. The molecule has 0 saturated carbocycles. The highest BCUT2D eigenvalue weighted by molar-refractivity contribution is 6.14. The fraction of sp³-hybridized carbons (Fsp3) is 0.0417. The Morgan fingerprint density at radius 2 is 0.878 bits per heavy atom. The predicted molar refractivity (Wildman–Crippen MR) is 204 cm³/mol. The van der Waals surface area contributed by atoms with Crippen molar-refractivity contribution >= 4 is 16.5 Å². The maximum Gasteiger partial charge on any atom is 0.0725 e. The summed E-state index contributed by atoms with van der Waals surface area (Å²) in [7, 11) is 0. The van der Waals surface area contributed by atoms with Crippen molar-refractivity contribution in [2.45, 2.75) is 12.0 Å². The van der Waals surface area contributed by atoms with E-state index < -0.39 is 0 Å². The lowest BCUT2D eigenvalue weighted by Gasteiger charge is -2.31. The standard InChI is InChI=1S/C48H31N/c1-2-14-30(15-3-1)46-37-20-5-4-19-36(37)45(39-29-49-44-25-13-9-21-38(44)47(39)46)31-26-27-35-34-18-8-12-24-42(34)48(43(35)28-31)40-22-10-6-16-32(40)33-17-7-11-23-41(33)48/h1-28,49H,29H2. The van der Waals surface area contributed by atoms with Gasteiger partial charge >= 0.3 is 0 Å². The van der Waals surface area contributed by atoms with Gasteiger partial charge in [0.1, 0.15) is 0 Å². The third-order valence-electron chi connectivity index (χ3n) is 11.3. The zero-order chi connectivity index (χ0) is 32.1. The number of fused-ring (bicyclic) bond motifs is 14. The van der Waals surface area contributed by atoms with E-state index in [1.165, 1.54) is 99.9 Å². The molecule has 49 heavy (non-hydrogen) atoms. The number of nitrogens with one attached hydrogen (secondary N) is 1. The van der Waals surface area contributed by atoms with Crippen LogP contribution in [0.2, 0.25) is 0 Å². The summed E-state index contributed by atoms with van der Waals surface area (Å²) in [5, 5.41) is 6.39. The van der Waals surface area contributed by atoms with Gasteiger partial charge in [-0.05, 0) is 101 Å². The normalized spacial score (nSPS) is 14.0. The molecule has 2 aliphatic carbocycles. The van der Waals surface area contributed by atoms with Crippen LogP contribution in [0.15, 0.2) is 170 Å². The Balaban J connectivity index is 1.27. The number of rotatable bonds is 2. The fourth-order valence-electron chi connectivity index (χ4n) is 9.49. The van der Waals surface area contributed by atoms with Crippen molar-refractivity contribution in [2.24, 2.45) is 0 Å². The molecule has 8 aromatic rings. The molecule has 0 radical (unpaired) electrons. The first-order valence-electron chi connectivity index (χ1n) is 17.2. The molecule has 0 unspecified atom stereocenters. The summed E-state index contributed by atoms with van der Waals surface area (Å²) in [5.41, 5.74) is 20.7. The molecule has 1 aliphatic heterocycles. The monoisotopic (exact) mass is 621 g/mol. The van der Waals surface area contributed by atoms with Crippen LogP contribution in [0.25, 0.3) is 66.4 Å². The van der Waals surface area contributed by atoms with Gasteiger partial charge in [0.2, 0.25) is 0 Å². The lowest BCUT2D eigenvalue weighted by atomic mass is 9.70. The van der Waals surface area contributed by atoms with Crippen LogP contribution >= 0.6 is 0 Å². The highest BCUT2D eigenvalue weighted by atomic mass is 14.9. The van der Waals surface area contributed by atoms with Crippen LogP contribution in [-0.2, 0) is 12.0 Å². The molecule has 0 fully saturated rings. The highest BCUT2D eigenvalue weighted by Crippen LogP contribution is 2.63. The second-order valence-electron chi connectivity index (χ2n) is 13.6. The smallest absolute Gasteiger partial charge is 0.0725 e. The summed E-state index contributed by atoms with van der Waals surface area (Å²) in [5.74, 6) is 0. The van der Waals surface area contributed by atoms with Crippen molar-refractivity contribution in [2.75, 3.05) is 5.32 Å². The van der Waals surface area contributed by atoms with Crippen LogP contribution in [-0.4, -0.2) is 0 Å². The average Bonchev–Trinajstić information content (AvgIpc) is 3.64. The van der Waals surface area contributed by atoms with Crippen molar-refractivity contribution in [1.82, 2.24) is 0 Å². The molecule has 1 nitrogen and oxygen atoms in total. The summed E-state index contributed by atoms with van der Waals surface area (Å²) < 4.78 is 0. The van der Waals surface area contributed by atoms with Crippen molar-refractivity contribution in [3.8, 4) is 55.6 Å². The number of anilines is 1. The molecule has 11 rings (SSSR count). The van der Waals surface area contributed by atoms with Gasteiger partial charge in [0.15, 0.2) is 0 Å². The van der Waals surface area contributed by atoms with Crippen LogP contribution in [0.3, 0.4) is 0 Å². The van der Waals surface area contributed by atoms with E-state index in [0.717, 1.165) is 6.54 Å². The second-order valence-corrected chi connectivity index (χ2v) is 13.6. The average molecular weight is 622 g/mol. The van der Waals surface area contributed by atoms with Crippen LogP contribution in [0, 0.1) is 0 Å². The summed E-state index contributed by atoms with van der Waals surface area (Å²) in [6.45, 7) is 0.764. The van der Waals surface area contributed by atoms with Gasteiger partial charge in [-0.2, -0.15) is 0 Å². The lowest BCUT2D eigenvalue weighted by molar-refractivity contribution is 0.794. The second kappa shape index (κ2) is 9.92. The maximum absolute atomic E-state index is 3.81. The van der Waals surface area contributed by atoms with Crippen molar-refractivity contribution < 1.29 is 0 Å². The van der Waals surface area contributed by atoms with Crippen LogP contribution in [0.4, 0.5) is 5.69 Å². The Morgan fingerprint density at radius 1 is 0.367 bits per heavy atom. The Kier molecular flexibility index (Phi) is 5.43. The molecule has 0 aromatic heterocycles. The van der Waals surface area contributed by atoms with Gasteiger partial charge in [-0.15, -0.1) is 0 Å². The first-order chi connectivity index (χ1) is 24.3. The van der Waals surface area contributed by atoms with E-state index in [9.17, 15) is 0 Å². The van der Waals surface area contributed by atoms with Crippen molar-refractivity contribution in [3.63, 3.8) is 0 Å². The summed E-state index contributed by atoms with van der Waals surface area (Å²) in [6.07, 6.45) is 0. The van der Waals surface area contributed by atoms with E-state index in [1.807, 2.05) is 0 Å². The Bertz CT molecular complexity index is 2600. The minimum Gasteiger partial charge on any atom is -0.380 e. The third-order valence-corrected chi connectivity index (χ3v) is 11.3. The molecule has 1 N–H and O–H groups in total. The molecule has 1 spiro atoms. The molecule has 0 atom stereocenters. The molecule has 228 valence electrons. The molecular weight excluding hydrogens is 591 g/mol. The fourth-order valence-corrected chi connectivity index (χ4v) is 9.49. The van der Waals surface area contributed by atoms with Crippen molar-refractivity contribution in [3.05, 3.63) is 198 Å². The van der Waals surface area contributed by atoms with E-state index >= 15 is 0 Å².